The molecular formula is C21H25F2N5O2. The SMILES string of the molecule is CC(=O)NC[C@H]1CCC(F)(F)CN1C(=O)c1nc(Nc2cc(C)ccn2)ccc1C. The predicted molar refractivity (Wildman–Crippen MR) is 109 cm³/mol. The van der Waals surface area contributed by atoms with Gasteiger partial charge in [-0.1, -0.05) is 6.07 Å². The van der Waals surface area contributed by atoms with Gasteiger partial charge < -0.3 is 15.5 Å². The van der Waals surface area contributed by atoms with Crippen molar-refractivity contribution in [3.05, 3.63) is 47.3 Å². The maximum atomic E-state index is 14.1. The maximum Gasteiger partial charge on any atom is 0.273 e. The zero-order chi connectivity index (χ0) is 21.9. The summed E-state index contributed by atoms with van der Waals surface area (Å²) in [5, 5.41) is 5.66. The molecule has 9 heteroatoms. The van der Waals surface area contributed by atoms with Crippen LogP contribution in [-0.2, 0) is 4.79 Å². The second-order valence-corrected chi connectivity index (χ2v) is 7.62. The van der Waals surface area contributed by atoms with Gasteiger partial charge in [0, 0.05) is 32.1 Å². The molecule has 2 aromatic rings. The van der Waals surface area contributed by atoms with Gasteiger partial charge in [0.25, 0.3) is 11.8 Å². The van der Waals surface area contributed by atoms with Gasteiger partial charge >= 0.3 is 0 Å². The van der Waals surface area contributed by atoms with Crippen LogP contribution in [0.25, 0.3) is 0 Å². The van der Waals surface area contributed by atoms with E-state index in [1.807, 2.05) is 19.1 Å². The number of anilines is 2. The summed E-state index contributed by atoms with van der Waals surface area (Å²) in [7, 11) is 0. The van der Waals surface area contributed by atoms with Gasteiger partial charge in [-0.05, 0) is 49.6 Å². The summed E-state index contributed by atoms with van der Waals surface area (Å²) in [5.41, 5.74) is 1.68. The third-order valence-corrected chi connectivity index (χ3v) is 5.00. The minimum atomic E-state index is -2.97. The Morgan fingerprint density at radius 2 is 2.00 bits per heavy atom. The minimum absolute atomic E-state index is 0.0955. The predicted octanol–water partition coefficient (Wildman–Crippen LogP) is 3.21. The Bertz CT molecular complexity index is 951. The Kier molecular flexibility index (Phi) is 6.28. The van der Waals surface area contributed by atoms with E-state index in [-0.39, 0.29) is 31.0 Å². The number of carbonyl (C=O) groups is 2. The van der Waals surface area contributed by atoms with Crippen LogP contribution in [0.4, 0.5) is 20.4 Å². The highest BCUT2D eigenvalue weighted by molar-refractivity contribution is 5.94. The van der Waals surface area contributed by atoms with Gasteiger partial charge in [-0.25, -0.2) is 18.7 Å². The van der Waals surface area contributed by atoms with Crippen molar-refractivity contribution in [2.45, 2.75) is 45.6 Å². The Morgan fingerprint density at radius 1 is 1.23 bits per heavy atom. The second-order valence-electron chi connectivity index (χ2n) is 7.62. The first-order chi connectivity index (χ1) is 14.1. The molecule has 0 unspecified atom stereocenters. The molecule has 0 bridgehead atoms. The van der Waals surface area contributed by atoms with Crippen molar-refractivity contribution < 1.29 is 18.4 Å². The summed E-state index contributed by atoms with van der Waals surface area (Å²) in [6.45, 7) is 4.41. The smallest absolute Gasteiger partial charge is 0.273 e. The highest BCUT2D eigenvalue weighted by atomic mass is 19.3. The Hall–Kier alpha value is -3.10. The average molecular weight is 417 g/mol. The summed E-state index contributed by atoms with van der Waals surface area (Å²) in [5.74, 6) is -2.87. The number of carbonyl (C=O) groups excluding carboxylic acids is 2. The molecule has 0 radical (unpaired) electrons. The van der Waals surface area contributed by atoms with Crippen molar-refractivity contribution >= 4 is 23.5 Å². The molecule has 0 aliphatic carbocycles. The molecule has 1 atom stereocenters. The summed E-state index contributed by atoms with van der Waals surface area (Å²) in [6.07, 6.45) is 1.43. The topological polar surface area (TPSA) is 87.2 Å². The first-order valence-electron chi connectivity index (χ1n) is 9.75. The van der Waals surface area contributed by atoms with Crippen LogP contribution in [0.1, 0.15) is 41.4 Å². The molecule has 1 fully saturated rings. The van der Waals surface area contributed by atoms with Crippen LogP contribution < -0.4 is 10.6 Å². The first kappa shape index (κ1) is 21.6. The summed E-state index contributed by atoms with van der Waals surface area (Å²) < 4.78 is 28.2. The Labute approximate surface area is 173 Å². The number of nitrogens with one attached hydrogen (secondary N) is 2. The monoisotopic (exact) mass is 417 g/mol. The van der Waals surface area contributed by atoms with E-state index in [2.05, 4.69) is 20.6 Å². The fourth-order valence-electron chi connectivity index (χ4n) is 3.39. The van der Waals surface area contributed by atoms with Crippen LogP contribution in [0.5, 0.6) is 0 Å². The number of alkyl halides is 2. The number of hydrogen-bond acceptors (Lipinski definition) is 5. The molecule has 0 saturated carbocycles. The highest BCUT2D eigenvalue weighted by Gasteiger charge is 2.42. The van der Waals surface area contributed by atoms with Gasteiger partial charge in [0.1, 0.15) is 17.3 Å². The van der Waals surface area contributed by atoms with Crippen LogP contribution in [0, 0.1) is 13.8 Å². The van der Waals surface area contributed by atoms with Crippen LogP contribution in [0.2, 0.25) is 0 Å². The number of rotatable bonds is 5. The van der Waals surface area contributed by atoms with Gasteiger partial charge in [0.15, 0.2) is 0 Å². The number of amides is 2. The van der Waals surface area contributed by atoms with Gasteiger partial charge in [0.2, 0.25) is 5.91 Å². The third-order valence-electron chi connectivity index (χ3n) is 5.00. The summed E-state index contributed by atoms with van der Waals surface area (Å²) in [6, 6.07) is 6.59. The number of piperidine rings is 1. The summed E-state index contributed by atoms with van der Waals surface area (Å²) >= 11 is 0. The van der Waals surface area contributed by atoms with Gasteiger partial charge in [0.05, 0.1) is 6.54 Å². The lowest BCUT2D eigenvalue weighted by Crippen LogP contribution is -2.55. The van der Waals surface area contributed by atoms with Crippen LogP contribution in [-0.4, -0.2) is 51.7 Å². The molecule has 1 aliphatic heterocycles. The molecule has 0 aromatic carbocycles. The van der Waals surface area contributed by atoms with Crippen molar-refractivity contribution in [3.63, 3.8) is 0 Å². The molecule has 30 heavy (non-hydrogen) atoms. The molecule has 3 heterocycles. The third kappa shape index (κ3) is 5.28. The number of halogens is 2. The molecule has 2 aromatic heterocycles. The number of aryl methyl sites for hydroxylation is 2. The molecule has 0 spiro atoms. The molecular weight excluding hydrogens is 392 g/mol. The molecule has 1 aliphatic rings. The zero-order valence-electron chi connectivity index (χ0n) is 17.2. The number of hydrogen-bond donors (Lipinski definition) is 2. The minimum Gasteiger partial charge on any atom is -0.354 e. The van der Waals surface area contributed by atoms with E-state index < -0.39 is 24.4 Å². The lowest BCUT2D eigenvalue weighted by Gasteiger charge is -2.39. The number of nitrogens with zero attached hydrogens (tertiary/aromatic N) is 3. The van der Waals surface area contributed by atoms with E-state index in [1.54, 1.807) is 25.3 Å². The standard InChI is InChI=1S/C21H25F2N5O2/c1-13-7-9-24-18(10-13)26-17-5-4-14(2)19(27-17)20(30)28-12-21(22,23)8-6-16(28)11-25-15(3)29/h4-5,7,9-10,16H,6,8,11-12H2,1-3H3,(H,25,29)(H,24,26,27)/t16-/m1/s1. The normalized spacial score (nSPS) is 18.0. The van der Waals surface area contributed by atoms with Crippen molar-refractivity contribution in [3.8, 4) is 0 Å². The van der Waals surface area contributed by atoms with E-state index in [0.717, 1.165) is 10.5 Å². The fourth-order valence-corrected chi connectivity index (χ4v) is 3.39. The van der Waals surface area contributed by atoms with Crippen molar-refractivity contribution in [2.75, 3.05) is 18.4 Å². The van der Waals surface area contributed by atoms with Crippen molar-refractivity contribution in [1.82, 2.24) is 20.2 Å². The molecule has 1 saturated heterocycles. The summed E-state index contributed by atoms with van der Waals surface area (Å²) in [4.78, 5) is 34.2. The highest BCUT2D eigenvalue weighted by Crippen LogP contribution is 2.31. The second kappa shape index (κ2) is 8.73. The number of aromatic nitrogens is 2. The van der Waals surface area contributed by atoms with E-state index in [0.29, 0.717) is 17.2 Å². The molecule has 3 rings (SSSR count). The molecule has 2 N–H and O–H groups in total. The lowest BCUT2D eigenvalue weighted by molar-refractivity contribution is -0.119. The maximum absolute atomic E-state index is 14.1. The Balaban J connectivity index is 1.86. The first-order valence-corrected chi connectivity index (χ1v) is 9.75. The van der Waals surface area contributed by atoms with E-state index in [1.165, 1.54) is 6.92 Å². The zero-order valence-corrected chi connectivity index (χ0v) is 17.2. The molecule has 7 nitrogen and oxygen atoms in total. The van der Waals surface area contributed by atoms with Crippen molar-refractivity contribution in [1.29, 1.82) is 0 Å². The van der Waals surface area contributed by atoms with E-state index in [4.69, 9.17) is 0 Å². The van der Waals surface area contributed by atoms with Gasteiger partial charge in [-0.2, -0.15) is 0 Å². The Morgan fingerprint density at radius 3 is 2.70 bits per heavy atom. The van der Waals surface area contributed by atoms with Crippen LogP contribution in [0.15, 0.2) is 30.5 Å². The lowest BCUT2D eigenvalue weighted by atomic mass is 9.98. The molecule has 2 amide bonds. The van der Waals surface area contributed by atoms with Crippen LogP contribution >= 0.6 is 0 Å². The number of likely N-dealkylation sites (tertiary alicyclic amines) is 1. The van der Waals surface area contributed by atoms with Gasteiger partial charge in [-0.3, -0.25) is 9.59 Å². The van der Waals surface area contributed by atoms with Crippen LogP contribution in [0.3, 0.4) is 0 Å². The fraction of sp³-hybridized carbons (Fsp3) is 0.429. The number of pyridine rings is 2. The quantitative estimate of drug-likeness (QED) is 0.780. The van der Waals surface area contributed by atoms with E-state index >= 15 is 0 Å². The van der Waals surface area contributed by atoms with E-state index in [9.17, 15) is 18.4 Å². The average Bonchev–Trinajstić information content (AvgIpc) is 2.67. The van der Waals surface area contributed by atoms with Gasteiger partial charge in [-0.15, -0.1) is 0 Å². The largest absolute Gasteiger partial charge is 0.354 e. The molecule has 160 valence electrons. The van der Waals surface area contributed by atoms with Crippen molar-refractivity contribution in [2.24, 2.45) is 0 Å².